The zero-order chi connectivity index (χ0) is 21.5. The normalized spacial score (nSPS) is 23.1. The van der Waals surface area contributed by atoms with E-state index in [-0.39, 0.29) is 18.5 Å². The second-order valence-corrected chi connectivity index (χ2v) is 10.5. The molecule has 1 aromatic heterocycles. The first-order valence-corrected chi connectivity index (χ1v) is 11.9. The molecule has 3 heterocycles. The van der Waals surface area contributed by atoms with E-state index >= 15 is 0 Å². The first-order chi connectivity index (χ1) is 14.3. The van der Waals surface area contributed by atoms with E-state index in [0.29, 0.717) is 18.6 Å². The minimum atomic E-state index is -3.11. The topological polar surface area (TPSA) is 76.5 Å². The van der Waals surface area contributed by atoms with Crippen LogP contribution in [0.15, 0.2) is 47.7 Å². The molecule has 6 heteroatoms. The predicted octanol–water partition coefficient (Wildman–Crippen LogP) is 4.24. The number of fused-ring (bicyclic) bond motifs is 1. The lowest BCUT2D eigenvalue weighted by molar-refractivity contribution is 0.118. The zero-order valence-corrected chi connectivity index (χ0v) is 18.4. The monoisotopic (exact) mass is 425 g/mol. The molecule has 2 aromatic rings. The molecule has 0 saturated carbocycles. The van der Waals surface area contributed by atoms with E-state index in [0.717, 1.165) is 39.1 Å². The highest BCUT2D eigenvalue weighted by Gasteiger charge is 2.45. The summed E-state index contributed by atoms with van der Waals surface area (Å²) in [6.45, 7) is 5.95. The molecule has 0 spiro atoms. The molecule has 0 radical (unpaired) electrons. The van der Waals surface area contributed by atoms with Gasteiger partial charge in [-0.25, -0.2) is 8.42 Å². The number of hydrogen-bond acceptors (Lipinski definition) is 5. The lowest BCUT2D eigenvalue weighted by atomic mass is 9.95. The number of rotatable bonds is 5. The smallest absolute Gasteiger partial charge is 0.163 e. The number of aromatic nitrogens is 1. The number of ether oxygens (including phenoxy) is 1. The summed E-state index contributed by atoms with van der Waals surface area (Å²) >= 11 is 0. The highest BCUT2D eigenvalue weighted by molar-refractivity contribution is 7.92. The van der Waals surface area contributed by atoms with Gasteiger partial charge in [0.25, 0.3) is 0 Å². The number of aromatic hydroxyl groups is 1. The van der Waals surface area contributed by atoms with Crippen molar-refractivity contribution in [3.05, 3.63) is 70.1 Å². The van der Waals surface area contributed by atoms with Crippen LogP contribution in [-0.2, 0) is 14.6 Å². The lowest BCUT2D eigenvalue weighted by Gasteiger charge is -2.15. The highest BCUT2D eigenvalue weighted by atomic mass is 32.2. The first kappa shape index (κ1) is 20.8. The second kappa shape index (κ2) is 8.00. The molecule has 2 aliphatic heterocycles. The Balaban J connectivity index is 1.62. The molecule has 0 aliphatic carbocycles. The van der Waals surface area contributed by atoms with E-state index in [1.165, 1.54) is 0 Å². The first-order valence-electron chi connectivity index (χ1n) is 10.2. The van der Waals surface area contributed by atoms with Gasteiger partial charge in [0.2, 0.25) is 0 Å². The molecule has 1 saturated heterocycles. The molecule has 158 valence electrons. The van der Waals surface area contributed by atoms with E-state index in [9.17, 15) is 13.5 Å². The van der Waals surface area contributed by atoms with Crippen LogP contribution < -0.4 is 0 Å². The minimum absolute atomic E-state index is 0.155. The van der Waals surface area contributed by atoms with Crippen molar-refractivity contribution in [1.29, 1.82) is 0 Å². The van der Waals surface area contributed by atoms with Crippen molar-refractivity contribution in [2.45, 2.75) is 45.0 Å². The fourth-order valence-corrected chi connectivity index (χ4v) is 6.55. The number of sulfone groups is 1. The van der Waals surface area contributed by atoms with Crippen molar-refractivity contribution in [2.24, 2.45) is 0 Å². The van der Waals surface area contributed by atoms with Crippen LogP contribution in [-0.4, -0.2) is 42.2 Å². The van der Waals surface area contributed by atoms with Crippen molar-refractivity contribution in [3.63, 3.8) is 0 Å². The molecule has 2 aliphatic rings. The van der Waals surface area contributed by atoms with Crippen LogP contribution in [0.4, 0.5) is 0 Å². The molecule has 1 aromatic carbocycles. The number of pyridine rings is 1. The zero-order valence-electron chi connectivity index (χ0n) is 17.6. The SMILES string of the molecule is CC1=C2[C@@H](CC/C(=C/c3cc(C)c(O)c(C)c3)c3ccccn3)OC[C@@H]2S(=O)(=O)C1. The number of nitrogens with zero attached hydrogens (tertiary/aromatic N) is 1. The van der Waals surface area contributed by atoms with E-state index in [1.807, 2.05) is 51.1 Å². The van der Waals surface area contributed by atoms with Crippen LogP contribution >= 0.6 is 0 Å². The highest BCUT2D eigenvalue weighted by Crippen LogP contribution is 2.39. The van der Waals surface area contributed by atoms with E-state index in [2.05, 4.69) is 11.1 Å². The van der Waals surface area contributed by atoms with Gasteiger partial charge in [0.15, 0.2) is 9.84 Å². The Kier molecular flexibility index (Phi) is 5.55. The van der Waals surface area contributed by atoms with Crippen LogP contribution in [0.3, 0.4) is 0 Å². The maximum atomic E-state index is 12.3. The molecule has 30 heavy (non-hydrogen) atoms. The number of hydrogen-bond donors (Lipinski definition) is 1. The Morgan fingerprint density at radius 2 is 1.97 bits per heavy atom. The molecule has 5 nitrogen and oxygen atoms in total. The molecule has 1 N–H and O–H groups in total. The number of phenolic OH excluding ortho intramolecular Hbond substituents is 1. The number of phenols is 1. The molecule has 1 fully saturated rings. The molecular weight excluding hydrogens is 398 g/mol. The fraction of sp³-hybridized carbons (Fsp3) is 0.375. The summed E-state index contributed by atoms with van der Waals surface area (Å²) in [5, 5.41) is 9.61. The summed E-state index contributed by atoms with van der Waals surface area (Å²) < 4.78 is 30.6. The summed E-state index contributed by atoms with van der Waals surface area (Å²) in [5.74, 6) is 0.476. The predicted molar refractivity (Wildman–Crippen MR) is 119 cm³/mol. The van der Waals surface area contributed by atoms with Gasteiger partial charge >= 0.3 is 0 Å². The van der Waals surface area contributed by atoms with Gasteiger partial charge in [-0.15, -0.1) is 0 Å². The van der Waals surface area contributed by atoms with Crippen LogP contribution in [0.5, 0.6) is 5.75 Å². The number of benzene rings is 1. The summed E-state index contributed by atoms with van der Waals surface area (Å²) in [6.07, 6.45) is 5.12. The Morgan fingerprint density at radius 3 is 2.63 bits per heavy atom. The maximum absolute atomic E-state index is 12.3. The fourth-order valence-electron chi connectivity index (χ4n) is 4.55. The minimum Gasteiger partial charge on any atom is -0.507 e. The summed E-state index contributed by atoms with van der Waals surface area (Å²) in [4.78, 5) is 4.52. The Hall–Kier alpha value is -2.44. The van der Waals surface area contributed by atoms with Crippen molar-refractivity contribution in [3.8, 4) is 5.75 Å². The summed E-state index contributed by atoms with van der Waals surface area (Å²) in [7, 11) is -3.11. The Bertz CT molecular complexity index is 1110. The van der Waals surface area contributed by atoms with Crippen LogP contribution in [0.25, 0.3) is 11.6 Å². The quantitative estimate of drug-likeness (QED) is 0.725. The van der Waals surface area contributed by atoms with Crippen molar-refractivity contribution >= 4 is 21.5 Å². The molecule has 0 amide bonds. The third-order valence-corrected chi connectivity index (χ3v) is 8.10. The summed E-state index contributed by atoms with van der Waals surface area (Å²) in [5.41, 5.74) is 6.53. The van der Waals surface area contributed by atoms with Crippen molar-refractivity contribution in [2.75, 3.05) is 12.4 Å². The van der Waals surface area contributed by atoms with Gasteiger partial charge < -0.3 is 9.84 Å². The Morgan fingerprint density at radius 1 is 1.23 bits per heavy atom. The summed E-state index contributed by atoms with van der Waals surface area (Å²) in [6, 6.07) is 9.75. The van der Waals surface area contributed by atoms with E-state index in [1.54, 1.807) is 6.20 Å². The van der Waals surface area contributed by atoms with Gasteiger partial charge in [-0.1, -0.05) is 11.6 Å². The standard InChI is InChI=1S/C24H27NO4S/c1-15-10-18(11-16(2)24(15)26)12-19(20-6-4-5-9-25-20)7-8-21-23-17(3)14-30(27,28)22(23)13-29-21/h4-6,9-12,21-22,26H,7-8,13-14H2,1-3H3/b19-12-/t21-,22+/m1/s1. The molecule has 2 atom stereocenters. The molecule has 4 rings (SSSR count). The van der Waals surface area contributed by atoms with Crippen LogP contribution in [0, 0.1) is 13.8 Å². The average molecular weight is 426 g/mol. The van der Waals surface area contributed by atoms with Gasteiger partial charge in [-0.3, -0.25) is 4.98 Å². The number of aryl methyl sites for hydroxylation is 2. The maximum Gasteiger partial charge on any atom is 0.163 e. The van der Waals surface area contributed by atoms with Gasteiger partial charge in [-0.05, 0) is 91.8 Å². The average Bonchev–Trinajstić information content (AvgIpc) is 3.23. The third kappa shape index (κ3) is 3.94. The van der Waals surface area contributed by atoms with E-state index < -0.39 is 15.1 Å². The molecule has 0 unspecified atom stereocenters. The third-order valence-electron chi connectivity index (χ3n) is 6.01. The Labute approximate surface area is 178 Å². The lowest BCUT2D eigenvalue weighted by Crippen LogP contribution is -2.19. The van der Waals surface area contributed by atoms with Gasteiger partial charge in [0, 0.05) is 6.20 Å². The van der Waals surface area contributed by atoms with Gasteiger partial charge in [-0.2, -0.15) is 0 Å². The van der Waals surface area contributed by atoms with Gasteiger partial charge in [0.05, 0.1) is 24.2 Å². The van der Waals surface area contributed by atoms with Crippen molar-refractivity contribution in [1.82, 2.24) is 4.98 Å². The molecule has 0 bridgehead atoms. The number of allylic oxidation sites excluding steroid dienone is 1. The van der Waals surface area contributed by atoms with E-state index in [4.69, 9.17) is 4.74 Å². The second-order valence-electron chi connectivity index (χ2n) is 8.28. The molecular formula is C24H27NO4S. The van der Waals surface area contributed by atoms with Gasteiger partial charge in [0.1, 0.15) is 11.0 Å². The van der Waals surface area contributed by atoms with Crippen LogP contribution in [0.2, 0.25) is 0 Å². The largest absolute Gasteiger partial charge is 0.507 e. The van der Waals surface area contributed by atoms with Crippen LogP contribution in [0.1, 0.15) is 42.1 Å². The van der Waals surface area contributed by atoms with Crippen molar-refractivity contribution < 1.29 is 18.3 Å².